The number of nitrogens with zero attached hydrogens (tertiary/aromatic N) is 2. The van der Waals surface area contributed by atoms with Gasteiger partial charge >= 0.3 is 0 Å². The van der Waals surface area contributed by atoms with Gasteiger partial charge in [-0.2, -0.15) is 5.10 Å². The molecule has 1 aromatic heterocycles. The van der Waals surface area contributed by atoms with E-state index in [0.717, 1.165) is 37.1 Å². The third kappa shape index (κ3) is 2.69. The SMILES string of the molecule is Cc1cc(C)cc(C2(C(=O)NCc3n[nH]c(=S)n3C3CC3)CC2)c1. The first-order valence-corrected chi connectivity index (χ1v) is 8.93. The zero-order valence-electron chi connectivity index (χ0n) is 14.1. The van der Waals surface area contributed by atoms with E-state index in [1.165, 1.54) is 11.1 Å². The van der Waals surface area contributed by atoms with Crippen molar-refractivity contribution in [2.45, 2.75) is 57.5 Å². The first-order valence-electron chi connectivity index (χ1n) is 8.52. The van der Waals surface area contributed by atoms with Gasteiger partial charge in [0.25, 0.3) is 0 Å². The Morgan fingerprint density at radius 3 is 2.58 bits per heavy atom. The van der Waals surface area contributed by atoms with Crippen LogP contribution in [0.3, 0.4) is 0 Å². The zero-order chi connectivity index (χ0) is 16.9. The fraction of sp³-hybridized carbons (Fsp3) is 0.500. The maximum atomic E-state index is 12.8. The topological polar surface area (TPSA) is 62.7 Å². The molecule has 0 aliphatic heterocycles. The molecule has 0 spiro atoms. The van der Waals surface area contributed by atoms with Crippen LogP contribution in [0.2, 0.25) is 0 Å². The number of carbonyl (C=O) groups excluding carboxylic acids is 1. The second-order valence-electron chi connectivity index (χ2n) is 7.19. The molecule has 2 saturated carbocycles. The summed E-state index contributed by atoms with van der Waals surface area (Å²) in [5.74, 6) is 0.927. The van der Waals surface area contributed by atoms with E-state index in [1.807, 2.05) is 4.57 Å². The molecule has 0 bridgehead atoms. The highest BCUT2D eigenvalue weighted by Crippen LogP contribution is 2.49. The molecule has 2 aromatic rings. The average Bonchev–Trinajstić information content (AvgIpc) is 3.43. The Kier molecular flexibility index (Phi) is 3.60. The molecule has 6 heteroatoms. The molecule has 126 valence electrons. The number of carbonyl (C=O) groups is 1. The van der Waals surface area contributed by atoms with Gasteiger partial charge in [-0.05, 0) is 57.3 Å². The van der Waals surface area contributed by atoms with Gasteiger partial charge in [-0.25, -0.2) is 0 Å². The van der Waals surface area contributed by atoms with E-state index in [4.69, 9.17) is 12.2 Å². The fourth-order valence-electron chi connectivity index (χ4n) is 3.52. The Balaban J connectivity index is 1.51. The third-order valence-corrected chi connectivity index (χ3v) is 5.34. The van der Waals surface area contributed by atoms with E-state index in [2.05, 4.69) is 47.6 Å². The Morgan fingerprint density at radius 1 is 1.33 bits per heavy atom. The first kappa shape index (κ1) is 15.6. The number of amides is 1. The van der Waals surface area contributed by atoms with Crippen LogP contribution in [-0.2, 0) is 16.8 Å². The van der Waals surface area contributed by atoms with Crippen LogP contribution in [0.15, 0.2) is 18.2 Å². The molecule has 2 aliphatic rings. The molecule has 2 N–H and O–H groups in total. The summed E-state index contributed by atoms with van der Waals surface area (Å²) in [4.78, 5) is 12.8. The van der Waals surface area contributed by atoms with Gasteiger partial charge in [0.15, 0.2) is 10.6 Å². The number of aromatic amines is 1. The van der Waals surface area contributed by atoms with Crippen molar-refractivity contribution in [3.63, 3.8) is 0 Å². The van der Waals surface area contributed by atoms with E-state index in [0.29, 0.717) is 17.4 Å². The third-order valence-electron chi connectivity index (χ3n) is 5.06. The van der Waals surface area contributed by atoms with E-state index < -0.39 is 0 Å². The number of rotatable bonds is 5. The molecule has 0 saturated heterocycles. The minimum Gasteiger partial charge on any atom is -0.348 e. The standard InChI is InChI=1S/C18H22N4OS/c1-11-7-12(2)9-13(8-11)18(5-6-18)16(23)19-10-15-20-21-17(24)22(15)14-3-4-14/h7-9,14H,3-6,10H2,1-2H3,(H,19,23)(H,21,24). The Bertz CT molecular complexity index is 838. The molecular weight excluding hydrogens is 320 g/mol. The number of hydrogen-bond donors (Lipinski definition) is 2. The van der Waals surface area contributed by atoms with Gasteiger partial charge in [0.1, 0.15) is 0 Å². The summed E-state index contributed by atoms with van der Waals surface area (Å²) in [5, 5.41) is 10.2. The molecule has 2 aliphatic carbocycles. The van der Waals surface area contributed by atoms with Gasteiger partial charge in [-0.3, -0.25) is 14.5 Å². The van der Waals surface area contributed by atoms with Crippen molar-refractivity contribution in [3.05, 3.63) is 45.5 Å². The van der Waals surface area contributed by atoms with Crippen LogP contribution in [-0.4, -0.2) is 20.7 Å². The highest BCUT2D eigenvalue weighted by Gasteiger charge is 2.51. The van der Waals surface area contributed by atoms with E-state index in [1.54, 1.807) is 0 Å². The van der Waals surface area contributed by atoms with E-state index >= 15 is 0 Å². The van der Waals surface area contributed by atoms with Crippen molar-refractivity contribution < 1.29 is 4.79 Å². The summed E-state index contributed by atoms with van der Waals surface area (Å²) in [5.41, 5.74) is 3.20. The highest BCUT2D eigenvalue weighted by atomic mass is 32.1. The zero-order valence-corrected chi connectivity index (χ0v) is 14.9. The second kappa shape index (κ2) is 5.55. The normalized spacial score (nSPS) is 18.4. The fourth-order valence-corrected chi connectivity index (χ4v) is 3.82. The molecule has 0 radical (unpaired) electrons. The summed E-state index contributed by atoms with van der Waals surface area (Å²) >= 11 is 5.29. The summed E-state index contributed by atoms with van der Waals surface area (Å²) in [6.07, 6.45) is 4.11. The number of aryl methyl sites for hydroxylation is 2. The lowest BCUT2D eigenvalue weighted by Gasteiger charge is -2.17. The molecule has 24 heavy (non-hydrogen) atoms. The first-order chi connectivity index (χ1) is 11.5. The van der Waals surface area contributed by atoms with Crippen molar-refractivity contribution in [3.8, 4) is 0 Å². The van der Waals surface area contributed by atoms with Crippen molar-refractivity contribution in [2.75, 3.05) is 0 Å². The van der Waals surface area contributed by atoms with Crippen LogP contribution in [0.1, 0.15) is 54.2 Å². The number of benzene rings is 1. The van der Waals surface area contributed by atoms with Crippen LogP contribution in [0, 0.1) is 18.6 Å². The van der Waals surface area contributed by atoms with Gasteiger partial charge in [-0.15, -0.1) is 0 Å². The molecule has 1 aromatic carbocycles. The van der Waals surface area contributed by atoms with Crippen LogP contribution in [0.5, 0.6) is 0 Å². The van der Waals surface area contributed by atoms with Crippen molar-refractivity contribution in [1.29, 1.82) is 0 Å². The minimum atomic E-state index is -0.353. The molecule has 5 nitrogen and oxygen atoms in total. The van der Waals surface area contributed by atoms with Crippen molar-refractivity contribution in [2.24, 2.45) is 0 Å². The predicted octanol–water partition coefficient (Wildman–Crippen LogP) is 3.24. The van der Waals surface area contributed by atoms with Crippen LogP contribution >= 0.6 is 12.2 Å². The quantitative estimate of drug-likeness (QED) is 0.820. The largest absolute Gasteiger partial charge is 0.348 e. The van der Waals surface area contributed by atoms with Gasteiger partial charge in [0.2, 0.25) is 5.91 Å². The number of aromatic nitrogens is 3. The number of hydrogen-bond acceptors (Lipinski definition) is 3. The van der Waals surface area contributed by atoms with Crippen molar-refractivity contribution >= 4 is 18.1 Å². The summed E-state index contributed by atoms with van der Waals surface area (Å²) in [7, 11) is 0. The molecule has 1 amide bonds. The lowest BCUT2D eigenvalue weighted by molar-refractivity contribution is -0.123. The summed E-state index contributed by atoms with van der Waals surface area (Å²) in [6.45, 7) is 4.59. The van der Waals surface area contributed by atoms with E-state index in [-0.39, 0.29) is 11.3 Å². The second-order valence-corrected chi connectivity index (χ2v) is 7.57. The molecular formula is C18H22N4OS. The van der Waals surface area contributed by atoms with Gasteiger partial charge in [-0.1, -0.05) is 29.3 Å². The monoisotopic (exact) mass is 342 g/mol. The lowest BCUT2D eigenvalue weighted by atomic mass is 9.92. The smallest absolute Gasteiger partial charge is 0.231 e. The molecule has 0 atom stereocenters. The Hall–Kier alpha value is -1.95. The van der Waals surface area contributed by atoms with Crippen LogP contribution in [0.25, 0.3) is 0 Å². The molecule has 2 fully saturated rings. The predicted molar refractivity (Wildman–Crippen MR) is 94.4 cm³/mol. The number of nitrogens with one attached hydrogen (secondary N) is 2. The van der Waals surface area contributed by atoms with Crippen molar-refractivity contribution in [1.82, 2.24) is 20.1 Å². The minimum absolute atomic E-state index is 0.101. The maximum Gasteiger partial charge on any atom is 0.231 e. The molecule has 0 unspecified atom stereocenters. The number of H-pyrrole nitrogens is 1. The van der Waals surface area contributed by atoms with Crippen LogP contribution < -0.4 is 5.32 Å². The average molecular weight is 342 g/mol. The van der Waals surface area contributed by atoms with Gasteiger partial charge in [0, 0.05) is 6.04 Å². The van der Waals surface area contributed by atoms with Gasteiger partial charge < -0.3 is 5.32 Å². The van der Waals surface area contributed by atoms with Gasteiger partial charge in [0.05, 0.1) is 12.0 Å². The summed E-state index contributed by atoms with van der Waals surface area (Å²) in [6, 6.07) is 6.88. The van der Waals surface area contributed by atoms with Crippen LogP contribution in [0.4, 0.5) is 0 Å². The Labute approximate surface area is 146 Å². The molecule has 1 heterocycles. The highest BCUT2D eigenvalue weighted by molar-refractivity contribution is 7.71. The maximum absolute atomic E-state index is 12.8. The molecule has 4 rings (SSSR count). The van der Waals surface area contributed by atoms with E-state index in [9.17, 15) is 4.79 Å². The lowest BCUT2D eigenvalue weighted by Crippen LogP contribution is -2.35. The summed E-state index contributed by atoms with van der Waals surface area (Å²) < 4.78 is 2.70. The Morgan fingerprint density at radius 2 is 2.00 bits per heavy atom.